The molecule has 3 N–H and O–H groups in total. The number of nitrogens with one attached hydrogen (secondary N) is 1. The van der Waals surface area contributed by atoms with E-state index in [1.54, 1.807) is 6.07 Å². The quantitative estimate of drug-likeness (QED) is 0.876. The summed E-state index contributed by atoms with van der Waals surface area (Å²) in [5, 5.41) is 4.23. The summed E-state index contributed by atoms with van der Waals surface area (Å²) in [7, 11) is 0. The summed E-state index contributed by atoms with van der Waals surface area (Å²) in [6, 6.07) is 4.03. The highest BCUT2D eigenvalue weighted by atomic mass is 32.2. The fraction of sp³-hybridized carbons (Fsp3) is 0.538. The van der Waals surface area contributed by atoms with E-state index in [1.807, 2.05) is 17.8 Å². The molecule has 0 aromatic carbocycles. The summed E-state index contributed by atoms with van der Waals surface area (Å²) < 4.78 is 0. The molecule has 0 aliphatic heterocycles. The number of primary amides is 1. The SMILES string of the molecule is CSC1CCC(Nc2ccc(C(N)=O)cn2)CC1. The van der Waals surface area contributed by atoms with Crippen LogP contribution in [-0.2, 0) is 0 Å². The van der Waals surface area contributed by atoms with Crippen LogP contribution < -0.4 is 11.1 Å². The fourth-order valence-electron chi connectivity index (χ4n) is 2.28. The molecule has 1 heterocycles. The van der Waals surface area contributed by atoms with Gasteiger partial charge in [0.15, 0.2) is 0 Å². The topological polar surface area (TPSA) is 68.0 Å². The lowest BCUT2D eigenvalue weighted by atomic mass is 9.95. The Balaban J connectivity index is 1.88. The van der Waals surface area contributed by atoms with Crippen molar-refractivity contribution in [2.45, 2.75) is 37.0 Å². The molecule has 0 spiro atoms. The molecule has 0 unspecified atom stereocenters. The summed E-state index contributed by atoms with van der Waals surface area (Å²) >= 11 is 1.96. The van der Waals surface area contributed by atoms with Gasteiger partial charge in [-0.2, -0.15) is 11.8 Å². The zero-order valence-corrected chi connectivity index (χ0v) is 11.4. The van der Waals surface area contributed by atoms with Gasteiger partial charge in [0.1, 0.15) is 5.82 Å². The molecule has 1 saturated carbocycles. The lowest BCUT2D eigenvalue weighted by Gasteiger charge is -2.28. The van der Waals surface area contributed by atoms with E-state index in [1.165, 1.54) is 31.9 Å². The lowest BCUT2D eigenvalue weighted by Crippen LogP contribution is -2.27. The molecule has 1 fully saturated rings. The van der Waals surface area contributed by atoms with E-state index in [2.05, 4.69) is 16.6 Å². The van der Waals surface area contributed by atoms with Crippen molar-refractivity contribution in [2.75, 3.05) is 11.6 Å². The van der Waals surface area contributed by atoms with E-state index in [9.17, 15) is 4.79 Å². The Bertz CT molecular complexity index is 399. The van der Waals surface area contributed by atoms with Crippen molar-refractivity contribution in [3.63, 3.8) is 0 Å². The minimum atomic E-state index is -0.436. The van der Waals surface area contributed by atoms with Crippen molar-refractivity contribution in [3.8, 4) is 0 Å². The fourth-order valence-corrected chi connectivity index (χ4v) is 3.02. The van der Waals surface area contributed by atoms with Crippen molar-refractivity contribution in [3.05, 3.63) is 23.9 Å². The molecular weight excluding hydrogens is 246 g/mol. The normalized spacial score (nSPS) is 23.6. The van der Waals surface area contributed by atoms with Crippen LogP contribution >= 0.6 is 11.8 Å². The van der Waals surface area contributed by atoms with Crippen molar-refractivity contribution in [1.29, 1.82) is 0 Å². The molecule has 18 heavy (non-hydrogen) atoms. The molecule has 98 valence electrons. The Morgan fingerprint density at radius 1 is 1.39 bits per heavy atom. The van der Waals surface area contributed by atoms with E-state index >= 15 is 0 Å². The van der Waals surface area contributed by atoms with Gasteiger partial charge in [0.2, 0.25) is 5.91 Å². The van der Waals surface area contributed by atoms with Crippen LogP contribution in [0.1, 0.15) is 36.0 Å². The molecule has 2 rings (SSSR count). The van der Waals surface area contributed by atoms with Gasteiger partial charge in [0.25, 0.3) is 0 Å². The number of hydrogen-bond donors (Lipinski definition) is 2. The van der Waals surface area contributed by atoms with Crippen LogP contribution in [0.3, 0.4) is 0 Å². The van der Waals surface area contributed by atoms with E-state index in [4.69, 9.17) is 5.73 Å². The van der Waals surface area contributed by atoms with Crippen molar-refractivity contribution in [1.82, 2.24) is 4.98 Å². The van der Waals surface area contributed by atoms with Crippen LogP contribution in [0.15, 0.2) is 18.3 Å². The average molecular weight is 265 g/mol. The van der Waals surface area contributed by atoms with Gasteiger partial charge in [-0.15, -0.1) is 0 Å². The molecule has 4 nitrogen and oxygen atoms in total. The summed E-state index contributed by atoms with van der Waals surface area (Å²) in [5.41, 5.74) is 5.63. The lowest BCUT2D eigenvalue weighted by molar-refractivity contribution is 0.1000. The van der Waals surface area contributed by atoms with Gasteiger partial charge in [0, 0.05) is 17.5 Å². The molecule has 5 heteroatoms. The summed E-state index contributed by atoms with van der Waals surface area (Å²) in [6.07, 6.45) is 8.60. The third-order valence-electron chi connectivity index (χ3n) is 3.41. The number of hydrogen-bond acceptors (Lipinski definition) is 4. The van der Waals surface area contributed by atoms with Crippen molar-refractivity contribution >= 4 is 23.5 Å². The molecule has 1 aliphatic carbocycles. The van der Waals surface area contributed by atoms with Gasteiger partial charge in [-0.3, -0.25) is 4.79 Å². The van der Waals surface area contributed by atoms with Crippen LogP contribution in [0, 0.1) is 0 Å². The summed E-state index contributed by atoms with van der Waals surface area (Å²) in [4.78, 5) is 15.1. The van der Waals surface area contributed by atoms with E-state index < -0.39 is 5.91 Å². The highest BCUT2D eigenvalue weighted by molar-refractivity contribution is 7.99. The molecular formula is C13H19N3OS. The van der Waals surface area contributed by atoms with Gasteiger partial charge in [0.05, 0.1) is 5.56 Å². The highest BCUT2D eigenvalue weighted by Gasteiger charge is 2.20. The number of anilines is 1. The molecule has 0 bridgehead atoms. The van der Waals surface area contributed by atoms with Crippen LogP contribution in [0.25, 0.3) is 0 Å². The maximum Gasteiger partial charge on any atom is 0.250 e. The number of pyridine rings is 1. The largest absolute Gasteiger partial charge is 0.367 e. The molecule has 1 amide bonds. The Morgan fingerprint density at radius 2 is 2.11 bits per heavy atom. The Morgan fingerprint density at radius 3 is 2.61 bits per heavy atom. The van der Waals surface area contributed by atoms with Gasteiger partial charge < -0.3 is 11.1 Å². The first kappa shape index (κ1) is 13.2. The molecule has 0 saturated heterocycles. The maximum absolute atomic E-state index is 10.9. The number of aromatic nitrogens is 1. The predicted octanol–water partition coefficient (Wildman–Crippen LogP) is 2.27. The number of nitrogens with zero attached hydrogens (tertiary/aromatic N) is 1. The Labute approximate surface area is 112 Å². The average Bonchev–Trinajstić information content (AvgIpc) is 2.40. The first-order chi connectivity index (χ1) is 8.69. The van der Waals surface area contributed by atoms with Crippen molar-refractivity contribution < 1.29 is 4.79 Å². The van der Waals surface area contributed by atoms with Gasteiger partial charge in [-0.1, -0.05) is 0 Å². The molecule has 0 radical (unpaired) electrons. The molecule has 1 aromatic heterocycles. The number of nitrogens with two attached hydrogens (primary N) is 1. The predicted molar refractivity (Wildman–Crippen MR) is 75.9 cm³/mol. The number of carbonyl (C=O) groups excluding carboxylic acids is 1. The van der Waals surface area contributed by atoms with Crippen LogP contribution in [0.4, 0.5) is 5.82 Å². The van der Waals surface area contributed by atoms with E-state index in [0.717, 1.165) is 11.1 Å². The Kier molecular flexibility index (Phi) is 4.47. The van der Waals surface area contributed by atoms with E-state index in [0.29, 0.717) is 11.6 Å². The van der Waals surface area contributed by atoms with Crippen LogP contribution in [-0.4, -0.2) is 28.4 Å². The minimum Gasteiger partial charge on any atom is -0.367 e. The number of amides is 1. The number of thioether (sulfide) groups is 1. The first-order valence-corrected chi connectivity index (χ1v) is 7.53. The second-order valence-electron chi connectivity index (χ2n) is 4.65. The van der Waals surface area contributed by atoms with E-state index in [-0.39, 0.29) is 0 Å². The molecule has 0 atom stereocenters. The highest BCUT2D eigenvalue weighted by Crippen LogP contribution is 2.28. The monoisotopic (exact) mass is 265 g/mol. The van der Waals surface area contributed by atoms with Gasteiger partial charge in [-0.25, -0.2) is 4.98 Å². The molecule has 1 aromatic rings. The van der Waals surface area contributed by atoms with Crippen molar-refractivity contribution in [2.24, 2.45) is 5.73 Å². The number of rotatable bonds is 4. The third-order valence-corrected chi connectivity index (χ3v) is 4.55. The smallest absolute Gasteiger partial charge is 0.250 e. The third kappa shape index (κ3) is 3.38. The first-order valence-electron chi connectivity index (χ1n) is 6.24. The second-order valence-corrected chi connectivity index (χ2v) is 5.79. The summed E-state index contributed by atoms with van der Waals surface area (Å²) in [5.74, 6) is 0.391. The Hall–Kier alpha value is -1.23. The van der Waals surface area contributed by atoms with Crippen LogP contribution in [0.5, 0.6) is 0 Å². The van der Waals surface area contributed by atoms with Crippen LogP contribution in [0.2, 0.25) is 0 Å². The standard InChI is InChI=1S/C13H19N3OS/c1-18-11-5-3-10(4-6-11)16-12-7-2-9(8-15-12)13(14)17/h2,7-8,10-11H,3-6H2,1H3,(H2,14,17)(H,15,16). The zero-order chi connectivity index (χ0) is 13.0. The number of carbonyl (C=O) groups is 1. The maximum atomic E-state index is 10.9. The van der Waals surface area contributed by atoms with Gasteiger partial charge >= 0.3 is 0 Å². The zero-order valence-electron chi connectivity index (χ0n) is 10.6. The van der Waals surface area contributed by atoms with Gasteiger partial charge in [-0.05, 0) is 44.1 Å². The minimum absolute atomic E-state index is 0.436. The summed E-state index contributed by atoms with van der Waals surface area (Å²) in [6.45, 7) is 0. The second kappa shape index (κ2) is 6.09. The molecule has 1 aliphatic rings.